The Labute approximate surface area is 121 Å². The number of rotatable bonds is 3. The van der Waals surface area contributed by atoms with Gasteiger partial charge in [-0.3, -0.25) is 0 Å². The van der Waals surface area contributed by atoms with E-state index in [1.807, 2.05) is 18.2 Å². The molecular formula is C14H16BrClN2. The smallest absolute Gasteiger partial charge is 0.125 e. The van der Waals surface area contributed by atoms with Crippen molar-refractivity contribution in [3.63, 3.8) is 0 Å². The maximum Gasteiger partial charge on any atom is 0.125 e. The fourth-order valence-corrected chi connectivity index (χ4v) is 2.87. The Balaban J connectivity index is 2.09. The molecule has 0 unspecified atom stereocenters. The van der Waals surface area contributed by atoms with Crippen molar-refractivity contribution in [1.82, 2.24) is 0 Å². The summed E-state index contributed by atoms with van der Waals surface area (Å²) < 4.78 is 0.849. The fourth-order valence-electron chi connectivity index (χ4n) is 2.38. The van der Waals surface area contributed by atoms with Crippen molar-refractivity contribution >= 4 is 33.2 Å². The zero-order valence-corrected chi connectivity index (χ0v) is 12.8. The summed E-state index contributed by atoms with van der Waals surface area (Å²) in [4.78, 5) is 0. The monoisotopic (exact) mass is 326 g/mol. The van der Waals surface area contributed by atoms with Crippen LogP contribution in [0.15, 0.2) is 22.7 Å². The van der Waals surface area contributed by atoms with Crippen LogP contribution in [0.25, 0.3) is 0 Å². The number of hydrogen-bond acceptors (Lipinski definition) is 2. The molecule has 4 heteroatoms. The lowest BCUT2D eigenvalue weighted by Crippen LogP contribution is -2.50. The summed E-state index contributed by atoms with van der Waals surface area (Å²) in [5.41, 5.74) is 0.539. The molecule has 2 nitrogen and oxygen atoms in total. The van der Waals surface area contributed by atoms with Gasteiger partial charge in [-0.25, -0.2) is 0 Å². The third-order valence-electron chi connectivity index (χ3n) is 3.68. The Morgan fingerprint density at radius 1 is 1.50 bits per heavy atom. The lowest BCUT2D eigenvalue weighted by Gasteiger charge is -2.45. The normalized spacial score (nSPS) is 26.6. The van der Waals surface area contributed by atoms with Crippen molar-refractivity contribution in [3.8, 4) is 6.07 Å². The minimum atomic E-state index is -0.401. The van der Waals surface area contributed by atoms with Gasteiger partial charge < -0.3 is 5.32 Å². The van der Waals surface area contributed by atoms with Gasteiger partial charge in [-0.2, -0.15) is 5.26 Å². The number of nitrogens with zero attached hydrogens (tertiary/aromatic N) is 1. The number of benzene rings is 1. The lowest BCUT2D eigenvalue weighted by atomic mass is 9.64. The van der Waals surface area contributed by atoms with E-state index in [9.17, 15) is 5.26 Å². The van der Waals surface area contributed by atoms with E-state index in [1.165, 1.54) is 0 Å². The maximum absolute atomic E-state index is 9.37. The van der Waals surface area contributed by atoms with Gasteiger partial charge >= 0.3 is 0 Å². The van der Waals surface area contributed by atoms with E-state index in [1.54, 1.807) is 0 Å². The Kier molecular flexibility index (Phi) is 3.89. The first-order chi connectivity index (χ1) is 8.46. The Morgan fingerprint density at radius 3 is 2.67 bits per heavy atom. The summed E-state index contributed by atoms with van der Waals surface area (Å²) in [6, 6.07) is 8.09. The van der Waals surface area contributed by atoms with Crippen LogP contribution in [0.3, 0.4) is 0 Å². The highest BCUT2D eigenvalue weighted by Crippen LogP contribution is 2.44. The van der Waals surface area contributed by atoms with Gasteiger partial charge in [0.1, 0.15) is 5.54 Å². The lowest BCUT2D eigenvalue weighted by molar-refractivity contribution is 0.165. The molecule has 0 amide bonds. The van der Waals surface area contributed by atoms with Gasteiger partial charge in [0.25, 0.3) is 0 Å². The van der Waals surface area contributed by atoms with Crippen molar-refractivity contribution in [2.45, 2.75) is 32.2 Å². The zero-order chi connectivity index (χ0) is 13.3. The largest absolute Gasteiger partial charge is 0.367 e. The molecule has 1 aliphatic rings. The van der Waals surface area contributed by atoms with Gasteiger partial charge in [0.2, 0.25) is 0 Å². The van der Waals surface area contributed by atoms with Crippen molar-refractivity contribution < 1.29 is 0 Å². The highest BCUT2D eigenvalue weighted by atomic mass is 79.9. The second-order valence-electron chi connectivity index (χ2n) is 5.36. The molecule has 0 aliphatic heterocycles. The highest BCUT2D eigenvalue weighted by Gasteiger charge is 2.45. The Bertz CT molecular complexity index is 487. The molecule has 96 valence electrons. The molecular weight excluding hydrogens is 312 g/mol. The van der Waals surface area contributed by atoms with Crippen LogP contribution in [-0.2, 0) is 0 Å². The second-order valence-corrected chi connectivity index (χ2v) is 6.62. The minimum Gasteiger partial charge on any atom is -0.367 e. The predicted molar refractivity (Wildman–Crippen MR) is 78.7 cm³/mol. The highest BCUT2D eigenvalue weighted by molar-refractivity contribution is 9.10. The molecule has 0 saturated heterocycles. The molecule has 18 heavy (non-hydrogen) atoms. The van der Waals surface area contributed by atoms with Crippen LogP contribution in [0.2, 0.25) is 5.02 Å². The van der Waals surface area contributed by atoms with E-state index in [0.29, 0.717) is 16.9 Å². The van der Waals surface area contributed by atoms with Gasteiger partial charge in [-0.15, -0.1) is 0 Å². The molecule has 0 spiro atoms. The molecule has 1 saturated carbocycles. The quantitative estimate of drug-likeness (QED) is 0.862. The van der Waals surface area contributed by atoms with E-state index < -0.39 is 5.54 Å². The van der Waals surface area contributed by atoms with Crippen molar-refractivity contribution in [1.29, 1.82) is 5.26 Å². The van der Waals surface area contributed by atoms with Gasteiger partial charge in [0.15, 0.2) is 0 Å². The second kappa shape index (κ2) is 5.11. The number of hydrogen-bond donors (Lipinski definition) is 1. The first kappa shape index (κ1) is 13.7. The van der Waals surface area contributed by atoms with Crippen LogP contribution in [0, 0.1) is 23.2 Å². The van der Waals surface area contributed by atoms with E-state index in [4.69, 9.17) is 11.6 Å². The minimum absolute atomic E-state index is 0.401. The number of anilines is 1. The molecule has 1 N–H and O–H groups in total. The molecule has 2 rings (SSSR count). The molecule has 0 bridgehead atoms. The van der Waals surface area contributed by atoms with E-state index >= 15 is 0 Å². The van der Waals surface area contributed by atoms with Gasteiger partial charge in [0.05, 0.1) is 11.1 Å². The zero-order valence-electron chi connectivity index (χ0n) is 10.5. The van der Waals surface area contributed by atoms with Crippen molar-refractivity contribution in [2.24, 2.45) is 11.8 Å². The molecule has 1 aliphatic carbocycles. The summed E-state index contributed by atoms with van der Waals surface area (Å²) in [5.74, 6) is 1.29. The summed E-state index contributed by atoms with van der Waals surface area (Å²) in [7, 11) is 0. The predicted octanol–water partition coefficient (Wildman–Crippen LogP) is 4.84. The third kappa shape index (κ3) is 2.65. The van der Waals surface area contributed by atoms with Gasteiger partial charge in [-0.05, 0) is 58.8 Å². The summed E-state index contributed by atoms with van der Waals surface area (Å²) in [6.45, 7) is 4.43. The molecule has 0 heterocycles. The first-order valence-corrected chi connectivity index (χ1v) is 7.27. The molecule has 1 aromatic carbocycles. The van der Waals surface area contributed by atoms with Crippen LogP contribution in [0.4, 0.5) is 5.69 Å². The van der Waals surface area contributed by atoms with Gasteiger partial charge in [0, 0.05) is 10.2 Å². The van der Waals surface area contributed by atoms with Crippen molar-refractivity contribution in [3.05, 3.63) is 27.7 Å². The Hall–Kier alpha value is -0.720. The van der Waals surface area contributed by atoms with Gasteiger partial charge in [-0.1, -0.05) is 25.4 Å². The molecule has 0 aromatic heterocycles. The molecule has 0 atom stereocenters. The summed E-state index contributed by atoms with van der Waals surface area (Å²) >= 11 is 9.35. The average Bonchev–Trinajstić information content (AvgIpc) is 2.27. The van der Waals surface area contributed by atoms with Crippen LogP contribution in [0.5, 0.6) is 0 Å². The molecule has 1 aromatic rings. The van der Waals surface area contributed by atoms with Crippen LogP contribution >= 0.6 is 27.5 Å². The van der Waals surface area contributed by atoms with E-state index in [2.05, 4.69) is 41.2 Å². The topological polar surface area (TPSA) is 35.8 Å². The SMILES string of the molecule is CC(C)C1CC(C#N)(Nc2ccc(Cl)c(Br)c2)C1. The van der Waals surface area contributed by atoms with Crippen LogP contribution in [-0.4, -0.2) is 5.54 Å². The van der Waals surface area contributed by atoms with E-state index in [-0.39, 0.29) is 0 Å². The summed E-state index contributed by atoms with van der Waals surface area (Å²) in [5, 5.41) is 13.4. The first-order valence-electron chi connectivity index (χ1n) is 6.10. The number of nitriles is 1. The standard InChI is InChI=1S/C14H16BrClN2/c1-9(2)10-6-14(7-10,8-17)18-11-3-4-13(16)12(15)5-11/h3-5,9-10,18H,6-7H2,1-2H3. The summed E-state index contributed by atoms with van der Waals surface area (Å²) in [6.07, 6.45) is 1.84. The van der Waals surface area contributed by atoms with E-state index in [0.717, 1.165) is 23.0 Å². The average molecular weight is 328 g/mol. The molecule has 1 fully saturated rings. The number of halogens is 2. The van der Waals surface area contributed by atoms with Crippen LogP contribution in [0.1, 0.15) is 26.7 Å². The fraction of sp³-hybridized carbons (Fsp3) is 0.500. The number of nitrogens with one attached hydrogen (secondary N) is 1. The Morgan fingerprint density at radius 2 is 2.17 bits per heavy atom. The molecule has 0 radical (unpaired) electrons. The van der Waals surface area contributed by atoms with Crippen molar-refractivity contribution in [2.75, 3.05) is 5.32 Å². The maximum atomic E-state index is 9.37. The van der Waals surface area contributed by atoms with Crippen LogP contribution < -0.4 is 5.32 Å². The third-order valence-corrected chi connectivity index (χ3v) is 4.90.